The zero-order valence-corrected chi connectivity index (χ0v) is 9.76. The molecular formula is C13H16N2O2. The van der Waals surface area contributed by atoms with E-state index in [4.69, 9.17) is 10.8 Å². The minimum atomic E-state index is -0.805. The molecule has 0 fully saturated rings. The van der Waals surface area contributed by atoms with Crippen molar-refractivity contribution in [2.75, 3.05) is 0 Å². The number of para-hydroxylation sites is 1. The van der Waals surface area contributed by atoms with Crippen molar-refractivity contribution in [2.24, 2.45) is 12.8 Å². The Balaban J connectivity index is 2.32. The van der Waals surface area contributed by atoms with Gasteiger partial charge in [-0.05, 0) is 18.1 Å². The molecule has 1 aromatic carbocycles. The molecule has 1 aromatic heterocycles. The molecule has 0 radical (unpaired) electrons. The van der Waals surface area contributed by atoms with Gasteiger partial charge in [-0.2, -0.15) is 0 Å². The fraction of sp³-hybridized carbons (Fsp3) is 0.308. The third kappa shape index (κ3) is 2.31. The van der Waals surface area contributed by atoms with Crippen LogP contribution in [0.5, 0.6) is 0 Å². The first-order valence-electron chi connectivity index (χ1n) is 5.61. The molecule has 90 valence electrons. The van der Waals surface area contributed by atoms with Crippen molar-refractivity contribution in [1.29, 1.82) is 0 Å². The molecule has 1 atom stereocenters. The van der Waals surface area contributed by atoms with Gasteiger partial charge in [0.1, 0.15) is 0 Å². The van der Waals surface area contributed by atoms with Crippen molar-refractivity contribution in [1.82, 2.24) is 4.57 Å². The molecule has 2 aromatic rings. The second kappa shape index (κ2) is 4.59. The fourth-order valence-corrected chi connectivity index (χ4v) is 2.10. The molecule has 3 N–H and O–H groups in total. The minimum absolute atomic E-state index is 0.102. The maximum Gasteiger partial charge on any atom is 0.303 e. The minimum Gasteiger partial charge on any atom is -0.481 e. The molecule has 1 unspecified atom stereocenters. The van der Waals surface area contributed by atoms with Crippen LogP contribution in [0.3, 0.4) is 0 Å². The summed E-state index contributed by atoms with van der Waals surface area (Å²) < 4.78 is 2.02. The van der Waals surface area contributed by atoms with E-state index in [0.29, 0.717) is 6.42 Å². The lowest BCUT2D eigenvalue weighted by molar-refractivity contribution is -0.137. The van der Waals surface area contributed by atoms with Crippen LogP contribution in [0.15, 0.2) is 30.5 Å². The number of rotatable bonds is 4. The summed E-state index contributed by atoms with van der Waals surface area (Å²) in [5.41, 5.74) is 8.18. The van der Waals surface area contributed by atoms with Crippen LogP contribution in [-0.4, -0.2) is 15.6 Å². The Morgan fingerprint density at radius 2 is 2.18 bits per heavy atom. The van der Waals surface area contributed by atoms with Crippen molar-refractivity contribution in [3.05, 3.63) is 36.0 Å². The number of hydrogen-bond donors (Lipinski definition) is 2. The summed E-state index contributed by atoms with van der Waals surface area (Å²) in [6, 6.07) is 7.77. The monoisotopic (exact) mass is 232 g/mol. The summed E-state index contributed by atoms with van der Waals surface area (Å²) in [6.45, 7) is 0. The Morgan fingerprint density at radius 3 is 2.88 bits per heavy atom. The molecule has 4 nitrogen and oxygen atoms in total. The molecule has 0 saturated heterocycles. The molecule has 17 heavy (non-hydrogen) atoms. The third-order valence-electron chi connectivity index (χ3n) is 3.00. The molecule has 0 spiro atoms. The number of aryl methyl sites for hydroxylation is 1. The maximum atomic E-state index is 10.5. The lowest BCUT2D eigenvalue weighted by Crippen LogP contribution is -2.11. The van der Waals surface area contributed by atoms with Gasteiger partial charge >= 0.3 is 5.97 Å². The quantitative estimate of drug-likeness (QED) is 0.847. The topological polar surface area (TPSA) is 68.2 Å². The van der Waals surface area contributed by atoms with E-state index >= 15 is 0 Å². The van der Waals surface area contributed by atoms with Crippen molar-refractivity contribution in [3.63, 3.8) is 0 Å². The highest BCUT2D eigenvalue weighted by atomic mass is 16.4. The Kier molecular flexibility index (Phi) is 3.15. The van der Waals surface area contributed by atoms with E-state index in [1.807, 2.05) is 42.1 Å². The van der Waals surface area contributed by atoms with Crippen molar-refractivity contribution < 1.29 is 9.90 Å². The first kappa shape index (κ1) is 11.7. The lowest BCUT2D eigenvalue weighted by Gasteiger charge is -2.08. The maximum absolute atomic E-state index is 10.5. The molecule has 0 amide bonds. The molecule has 1 heterocycles. The summed E-state index contributed by atoms with van der Waals surface area (Å²) in [7, 11) is 1.97. The number of nitrogens with two attached hydrogens (primary N) is 1. The van der Waals surface area contributed by atoms with Crippen molar-refractivity contribution in [2.45, 2.75) is 18.9 Å². The highest BCUT2D eigenvalue weighted by molar-refractivity contribution is 5.84. The largest absolute Gasteiger partial charge is 0.481 e. The first-order chi connectivity index (χ1) is 8.09. The number of aromatic nitrogens is 1. The van der Waals surface area contributed by atoms with Crippen LogP contribution >= 0.6 is 0 Å². The number of carboxylic acid groups (broad SMARTS) is 1. The van der Waals surface area contributed by atoms with Gasteiger partial charge in [-0.1, -0.05) is 18.2 Å². The van der Waals surface area contributed by atoms with E-state index in [0.717, 1.165) is 16.5 Å². The predicted molar refractivity (Wildman–Crippen MR) is 66.7 cm³/mol. The zero-order valence-electron chi connectivity index (χ0n) is 9.76. The number of benzene rings is 1. The van der Waals surface area contributed by atoms with Crippen LogP contribution in [0.25, 0.3) is 10.9 Å². The Hall–Kier alpha value is -1.81. The highest BCUT2D eigenvalue weighted by Gasteiger charge is 2.14. The molecule has 4 heteroatoms. The van der Waals surface area contributed by atoms with Gasteiger partial charge < -0.3 is 15.4 Å². The molecule has 0 aliphatic carbocycles. The van der Waals surface area contributed by atoms with E-state index < -0.39 is 5.97 Å². The standard InChI is InChI=1S/C13H16N2O2/c1-15-8-10(11(14)6-7-13(16)17)9-4-2-3-5-12(9)15/h2-5,8,11H,6-7,14H2,1H3,(H,16,17). The summed E-state index contributed by atoms with van der Waals surface area (Å²) >= 11 is 0. The van der Waals surface area contributed by atoms with Gasteiger partial charge in [0, 0.05) is 36.6 Å². The molecule has 0 saturated carbocycles. The number of carbonyl (C=O) groups is 1. The van der Waals surface area contributed by atoms with Gasteiger partial charge in [-0.3, -0.25) is 4.79 Å². The smallest absolute Gasteiger partial charge is 0.303 e. The molecule has 0 aliphatic rings. The van der Waals surface area contributed by atoms with Crippen molar-refractivity contribution >= 4 is 16.9 Å². The average Bonchev–Trinajstić information content (AvgIpc) is 2.65. The second-order valence-corrected chi connectivity index (χ2v) is 4.25. The molecule has 0 aliphatic heterocycles. The summed E-state index contributed by atoms with van der Waals surface area (Å²) in [4.78, 5) is 10.5. The van der Waals surface area contributed by atoms with E-state index in [-0.39, 0.29) is 12.5 Å². The number of fused-ring (bicyclic) bond motifs is 1. The summed E-state index contributed by atoms with van der Waals surface area (Å²) in [6.07, 6.45) is 2.55. The number of nitrogens with zero attached hydrogens (tertiary/aromatic N) is 1. The van der Waals surface area contributed by atoms with E-state index in [1.54, 1.807) is 0 Å². The van der Waals surface area contributed by atoms with Crippen LogP contribution in [0.2, 0.25) is 0 Å². The Morgan fingerprint density at radius 1 is 1.47 bits per heavy atom. The third-order valence-corrected chi connectivity index (χ3v) is 3.00. The zero-order chi connectivity index (χ0) is 12.4. The van der Waals surface area contributed by atoms with Crippen LogP contribution in [0.1, 0.15) is 24.4 Å². The van der Waals surface area contributed by atoms with Gasteiger partial charge in [-0.25, -0.2) is 0 Å². The number of hydrogen-bond acceptors (Lipinski definition) is 2. The molecular weight excluding hydrogens is 216 g/mol. The van der Waals surface area contributed by atoms with Crippen molar-refractivity contribution in [3.8, 4) is 0 Å². The number of carboxylic acids is 1. The van der Waals surface area contributed by atoms with Gasteiger partial charge in [0.05, 0.1) is 0 Å². The Labute approximate surface area is 99.7 Å². The van der Waals surface area contributed by atoms with Crippen LogP contribution < -0.4 is 5.73 Å². The van der Waals surface area contributed by atoms with Crippen LogP contribution in [0, 0.1) is 0 Å². The average molecular weight is 232 g/mol. The first-order valence-corrected chi connectivity index (χ1v) is 5.61. The van der Waals surface area contributed by atoms with E-state index in [2.05, 4.69) is 0 Å². The van der Waals surface area contributed by atoms with E-state index in [1.165, 1.54) is 0 Å². The number of aliphatic carboxylic acids is 1. The summed E-state index contributed by atoms with van der Waals surface area (Å²) in [5.74, 6) is -0.805. The van der Waals surface area contributed by atoms with Gasteiger partial charge in [-0.15, -0.1) is 0 Å². The molecule has 2 rings (SSSR count). The van der Waals surface area contributed by atoms with Crippen LogP contribution in [0.4, 0.5) is 0 Å². The summed E-state index contributed by atoms with van der Waals surface area (Å²) in [5, 5.41) is 9.77. The van der Waals surface area contributed by atoms with Gasteiger partial charge in [0.25, 0.3) is 0 Å². The lowest BCUT2D eigenvalue weighted by atomic mass is 10.0. The van der Waals surface area contributed by atoms with E-state index in [9.17, 15) is 4.79 Å². The molecule has 0 bridgehead atoms. The SMILES string of the molecule is Cn1cc(C(N)CCC(=O)O)c2ccccc21. The fourth-order valence-electron chi connectivity index (χ4n) is 2.10. The Bertz CT molecular complexity index is 545. The van der Waals surface area contributed by atoms with Gasteiger partial charge in [0.2, 0.25) is 0 Å². The highest BCUT2D eigenvalue weighted by Crippen LogP contribution is 2.26. The van der Waals surface area contributed by atoms with Gasteiger partial charge in [0.15, 0.2) is 0 Å². The second-order valence-electron chi connectivity index (χ2n) is 4.25. The normalized spacial score (nSPS) is 12.8. The van der Waals surface area contributed by atoms with Crippen LogP contribution in [-0.2, 0) is 11.8 Å². The predicted octanol–water partition coefficient (Wildman–Crippen LogP) is 2.04.